The monoisotopic (exact) mass is 497 g/mol. The minimum Gasteiger partial charge on any atom is -0.351 e. The van der Waals surface area contributed by atoms with Crippen molar-refractivity contribution in [3.63, 3.8) is 0 Å². The van der Waals surface area contributed by atoms with E-state index in [4.69, 9.17) is 26.8 Å². The molecule has 0 amide bonds. The first-order chi connectivity index (χ1) is 16.4. The van der Waals surface area contributed by atoms with Crippen LogP contribution >= 0.6 is 22.9 Å². The molecule has 10 heteroatoms. The van der Waals surface area contributed by atoms with Crippen molar-refractivity contribution in [1.82, 2.24) is 19.5 Å². The number of fused-ring (bicyclic) bond motifs is 1. The van der Waals surface area contributed by atoms with E-state index < -0.39 is 6.29 Å². The molecule has 4 heterocycles. The second kappa shape index (κ2) is 9.52. The van der Waals surface area contributed by atoms with Crippen LogP contribution in [0.5, 0.6) is 0 Å². The molecular formula is C24H24ClN5O3S. The number of benzene rings is 1. The second-order valence-electron chi connectivity index (χ2n) is 8.30. The van der Waals surface area contributed by atoms with Crippen LogP contribution in [0.3, 0.4) is 0 Å². The molecule has 176 valence electrons. The summed E-state index contributed by atoms with van der Waals surface area (Å²) >= 11 is 8.26. The first kappa shape index (κ1) is 23.1. The summed E-state index contributed by atoms with van der Waals surface area (Å²) in [4.78, 5) is 27.0. The molecule has 0 saturated carbocycles. The van der Waals surface area contributed by atoms with Crippen molar-refractivity contribution in [1.29, 1.82) is 0 Å². The molecule has 0 radical (unpaired) electrons. The van der Waals surface area contributed by atoms with Crippen molar-refractivity contribution in [2.45, 2.75) is 39.1 Å². The number of pyridine rings is 1. The maximum Gasteiger partial charge on any atom is 0.260 e. The van der Waals surface area contributed by atoms with E-state index in [0.717, 1.165) is 21.7 Å². The van der Waals surface area contributed by atoms with E-state index >= 15 is 0 Å². The van der Waals surface area contributed by atoms with Crippen molar-refractivity contribution in [3.05, 3.63) is 62.1 Å². The van der Waals surface area contributed by atoms with Gasteiger partial charge in [-0.05, 0) is 26.0 Å². The van der Waals surface area contributed by atoms with Crippen LogP contribution in [0.15, 0.2) is 40.6 Å². The minimum absolute atomic E-state index is 0.128. The van der Waals surface area contributed by atoms with Gasteiger partial charge >= 0.3 is 0 Å². The Hall–Kier alpha value is -2.69. The average Bonchev–Trinajstić information content (AvgIpc) is 3.26. The summed E-state index contributed by atoms with van der Waals surface area (Å²) in [5.74, 6) is 0.588. The molecule has 0 atom stereocenters. The maximum absolute atomic E-state index is 13.7. The van der Waals surface area contributed by atoms with Crippen LogP contribution in [0.1, 0.15) is 17.3 Å². The number of rotatable bonds is 5. The molecule has 1 aliphatic heterocycles. The lowest BCUT2D eigenvalue weighted by Crippen LogP contribution is -2.41. The van der Waals surface area contributed by atoms with Gasteiger partial charge in [0.15, 0.2) is 6.29 Å². The molecule has 2 N–H and O–H groups in total. The average molecular weight is 498 g/mol. The number of hydrogen-bond acceptors (Lipinski definition) is 8. The lowest BCUT2D eigenvalue weighted by Gasteiger charge is -2.27. The van der Waals surface area contributed by atoms with Gasteiger partial charge in [0, 0.05) is 51.6 Å². The third-order valence-corrected chi connectivity index (χ3v) is 6.79. The molecule has 3 aromatic heterocycles. The van der Waals surface area contributed by atoms with Gasteiger partial charge in [0.1, 0.15) is 11.5 Å². The van der Waals surface area contributed by atoms with Gasteiger partial charge in [0.25, 0.3) is 5.56 Å². The van der Waals surface area contributed by atoms with Gasteiger partial charge in [-0.25, -0.2) is 15.0 Å². The van der Waals surface area contributed by atoms with Crippen molar-refractivity contribution in [3.8, 4) is 22.4 Å². The smallest absolute Gasteiger partial charge is 0.260 e. The van der Waals surface area contributed by atoms with Gasteiger partial charge < -0.3 is 15.2 Å². The molecule has 8 nitrogen and oxygen atoms in total. The lowest BCUT2D eigenvalue weighted by molar-refractivity contribution is -0.189. The Labute approximate surface area is 205 Å². The van der Waals surface area contributed by atoms with Crippen molar-refractivity contribution >= 4 is 34.0 Å². The number of ether oxygens (including phenoxy) is 2. The normalized spacial score (nSPS) is 18.5. The van der Waals surface area contributed by atoms with Crippen LogP contribution in [0.2, 0.25) is 5.02 Å². The molecule has 0 unspecified atom stereocenters. The van der Waals surface area contributed by atoms with Crippen molar-refractivity contribution < 1.29 is 9.47 Å². The van der Waals surface area contributed by atoms with Gasteiger partial charge in [0.2, 0.25) is 0 Å². The third-order valence-electron chi connectivity index (χ3n) is 5.70. The van der Waals surface area contributed by atoms with E-state index in [2.05, 4.69) is 15.0 Å². The number of nitrogens with zero attached hydrogens (tertiary/aromatic N) is 4. The third kappa shape index (κ3) is 4.62. The standard InChI is InChI=1S/C24H24ClN5O3S/c1-13-27-9-16-7-19(18-4-3-15(8-20(18)25)21-12-34-14(2)29-21)24(31)30(23(16)28-13)6-5-22-32-10-17(26)11-33-22/h3-4,7-9,12,17,22H,5-6,10-11,26H2,1-2H3/t17-,22-. The van der Waals surface area contributed by atoms with Crippen LogP contribution in [0.4, 0.5) is 0 Å². The lowest BCUT2D eigenvalue weighted by atomic mass is 10.0. The fourth-order valence-corrected chi connectivity index (χ4v) is 4.90. The quantitative estimate of drug-likeness (QED) is 0.445. The summed E-state index contributed by atoms with van der Waals surface area (Å²) < 4.78 is 13.0. The van der Waals surface area contributed by atoms with Gasteiger partial charge in [-0.2, -0.15) is 0 Å². The zero-order valence-corrected chi connectivity index (χ0v) is 20.4. The van der Waals surface area contributed by atoms with Crippen molar-refractivity contribution in [2.75, 3.05) is 13.2 Å². The molecule has 0 spiro atoms. The Balaban J connectivity index is 1.54. The summed E-state index contributed by atoms with van der Waals surface area (Å²) in [5.41, 5.74) is 9.12. The Morgan fingerprint density at radius 1 is 1.18 bits per heavy atom. The van der Waals surface area contributed by atoms with Gasteiger partial charge in [-0.1, -0.05) is 23.7 Å². The van der Waals surface area contributed by atoms with Crippen LogP contribution < -0.4 is 11.3 Å². The van der Waals surface area contributed by atoms with Gasteiger partial charge in [-0.3, -0.25) is 9.36 Å². The highest BCUT2D eigenvalue weighted by Gasteiger charge is 2.21. The van der Waals surface area contributed by atoms with E-state index in [9.17, 15) is 4.79 Å². The van der Waals surface area contributed by atoms with Crippen LogP contribution in [0.25, 0.3) is 33.4 Å². The van der Waals surface area contributed by atoms with Crippen LogP contribution in [-0.4, -0.2) is 45.1 Å². The highest BCUT2D eigenvalue weighted by molar-refractivity contribution is 7.09. The number of halogens is 1. The van der Waals surface area contributed by atoms with Gasteiger partial charge in [0.05, 0.1) is 30.0 Å². The van der Waals surface area contributed by atoms with Crippen LogP contribution in [0, 0.1) is 13.8 Å². The summed E-state index contributed by atoms with van der Waals surface area (Å²) in [6.07, 6.45) is 1.80. The molecule has 1 aliphatic rings. The molecule has 1 aromatic carbocycles. The predicted molar refractivity (Wildman–Crippen MR) is 133 cm³/mol. The van der Waals surface area contributed by atoms with Crippen molar-refractivity contribution in [2.24, 2.45) is 5.73 Å². The number of aryl methyl sites for hydroxylation is 3. The molecule has 5 rings (SSSR count). The first-order valence-electron chi connectivity index (χ1n) is 11.0. The molecule has 1 fully saturated rings. The number of hydrogen-bond donors (Lipinski definition) is 1. The molecular weight excluding hydrogens is 474 g/mol. The van der Waals surface area contributed by atoms with E-state index in [0.29, 0.717) is 53.8 Å². The molecule has 1 saturated heterocycles. The maximum atomic E-state index is 13.7. The van der Waals surface area contributed by atoms with E-state index in [1.165, 1.54) is 0 Å². The van der Waals surface area contributed by atoms with E-state index in [1.54, 1.807) is 35.1 Å². The van der Waals surface area contributed by atoms with Crippen LogP contribution in [-0.2, 0) is 16.0 Å². The fourth-order valence-electron chi connectivity index (χ4n) is 3.99. The molecule has 4 aromatic rings. The Morgan fingerprint density at radius 3 is 2.68 bits per heavy atom. The largest absolute Gasteiger partial charge is 0.351 e. The topological polar surface area (TPSA) is 105 Å². The van der Waals surface area contributed by atoms with E-state index in [1.807, 2.05) is 30.5 Å². The second-order valence-corrected chi connectivity index (χ2v) is 9.77. The summed E-state index contributed by atoms with van der Waals surface area (Å²) in [6.45, 7) is 4.99. The molecule has 34 heavy (non-hydrogen) atoms. The molecule has 0 aliphatic carbocycles. The summed E-state index contributed by atoms with van der Waals surface area (Å²) in [6, 6.07) is 7.31. The first-order valence-corrected chi connectivity index (χ1v) is 12.2. The van der Waals surface area contributed by atoms with Gasteiger partial charge in [-0.15, -0.1) is 11.3 Å². The highest BCUT2D eigenvalue weighted by atomic mass is 35.5. The Morgan fingerprint density at radius 2 is 1.97 bits per heavy atom. The predicted octanol–water partition coefficient (Wildman–Crippen LogP) is 3.94. The van der Waals surface area contributed by atoms with E-state index in [-0.39, 0.29) is 11.6 Å². The Kier molecular flexibility index (Phi) is 6.46. The number of aromatic nitrogens is 4. The highest BCUT2D eigenvalue weighted by Crippen LogP contribution is 2.32. The number of nitrogens with two attached hydrogens (primary N) is 1. The zero-order chi connectivity index (χ0) is 23.8. The molecule has 0 bridgehead atoms. The fraction of sp³-hybridized carbons (Fsp3) is 0.333. The minimum atomic E-state index is -0.419. The number of thiazole rings is 1. The summed E-state index contributed by atoms with van der Waals surface area (Å²) in [7, 11) is 0. The SMILES string of the molecule is Cc1ncc2cc(-c3ccc(-c4csc(C)n4)cc3Cl)c(=O)n(CC[C@H]3OC[C@H](N)CO3)c2n1. The summed E-state index contributed by atoms with van der Waals surface area (Å²) in [5, 5.41) is 4.21. The Bertz CT molecular complexity index is 1410. The zero-order valence-electron chi connectivity index (χ0n) is 18.8.